The summed E-state index contributed by atoms with van der Waals surface area (Å²) < 4.78 is 0.962. The van der Waals surface area contributed by atoms with Crippen molar-refractivity contribution in [3.63, 3.8) is 0 Å². The van der Waals surface area contributed by atoms with Crippen LogP contribution in [0.1, 0.15) is 20.8 Å². The van der Waals surface area contributed by atoms with E-state index >= 15 is 0 Å². The van der Waals surface area contributed by atoms with Gasteiger partial charge in [-0.05, 0) is 33.5 Å². The molecule has 0 radical (unpaired) electrons. The van der Waals surface area contributed by atoms with Crippen LogP contribution in [0.3, 0.4) is 0 Å². The highest BCUT2D eigenvalue weighted by atomic mass is 79.9. The van der Waals surface area contributed by atoms with E-state index in [0.717, 1.165) is 10.3 Å². The fourth-order valence-corrected chi connectivity index (χ4v) is 2.05. The maximum absolute atomic E-state index is 5.95. The SMILES string of the molecule is CC(C)(C)C(CCl)Nc1ncccc1Br. The molecule has 1 unspecified atom stereocenters. The number of nitrogens with one attached hydrogen (secondary N) is 1. The molecular weight excluding hydrogens is 275 g/mol. The highest BCUT2D eigenvalue weighted by molar-refractivity contribution is 9.10. The van der Waals surface area contributed by atoms with Gasteiger partial charge in [0, 0.05) is 18.1 Å². The Bertz CT molecular complexity index is 323. The molecular formula is C11H16BrClN2. The summed E-state index contributed by atoms with van der Waals surface area (Å²) in [5.41, 5.74) is 0.110. The Morgan fingerprint density at radius 3 is 2.67 bits per heavy atom. The smallest absolute Gasteiger partial charge is 0.140 e. The summed E-state index contributed by atoms with van der Waals surface area (Å²) in [5.74, 6) is 1.41. The van der Waals surface area contributed by atoms with E-state index in [4.69, 9.17) is 11.6 Å². The summed E-state index contributed by atoms with van der Waals surface area (Å²) in [5, 5.41) is 3.35. The standard InChI is InChI=1S/C11H16BrClN2/c1-11(2,3)9(7-13)15-10-8(12)5-4-6-14-10/h4-6,9H,7H2,1-3H3,(H,14,15). The van der Waals surface area contributed by atoms with Gasteiger partial charge < -0.3 is 5.32 Å². The third-order valence-electron chi connectivity index (χ3n) is 2.27. The molecule has 0 bridgehead atoms. The molecule has 0 spiro atoms. The highest BCUT2D eigenvalue weighted by Gasteiger charge is 2.24. The Kier molecular flexibility index (Phi) is 4.41. The number of nitrogens with zero attached hydrogens (tertiary/aromatic N) is 1. The molecule has 1 rings (SSSR count). The quantitative estimate of drug-likeness (QED) is 0.854. The summed E-state index contributed by atoms with van der Waals surface area (Å²) in [7, 11) is 0. The Morgan fingerprint density at radius 2 is 2.20 bits per heavy atom. The van der Waals surface area contributed by atoms with Crippen LogP contribution in [0.25, 0.3) is 0 Å². The molecule has 0 saturated carbocycles. The summed E-state index contributed by atoms with van der Waals surface area (Å²) in [6, 6.07) is 4.05. The monoisotopic (exact) mass is 290 g/mol. The van der Waals surface area contributed by atoms with Gasteiger partial charge in [-0.3, -0.25) is 0 Å². The van der Waals surface area contributed by atoms with E-state index in [9.17, 15) is 0 Å². The highest BCUT2D eigenvalue weighted by Crippen LogP contribution is 2.26. The molecule has 1 N–H and O–H groups in total. The van der Waals surface area contributed by atoms with Crippen LogP contribution in [0, 0.1) is 5.41 Å². The third-order valence-corrected chi connectivity index (χ3v) is 3.22. The van der Waals surface area contributed by atoms with Gasteiger partial charge in [0.1, 0.15) is 5.82 Å². The van der Waals surface area contributed by atoms with Crippen molar-refractivity contribution >= 4 is 33.3 Å². The molecule has 2 nitrogen and oxygen atoms in total. The lowest BCUT2D eigenvalue weighted by molar-refractivity contribution is 0.361. The van der Waals surface area contributed by atoms with Gasteiger partial charge in [-0.2, -0.15) is 0 Å². The van der Waals surface area contributed by atoms with Gasteiger partial charge in [-0.1, -0.05) is 20.8 Å². The lowest BCUT2D eigenvalue weighted by atomic mass is 9.88. The largest absolute Gasteiger partial charge is 0.365 e. The zero-order valence-electron chi connectivity index (χ0n) is 9.22. The Labute approximate surface area is 105 Å². The molecule has 1 heterocycles. The van der Waals surface area contributed by atoms with Crippen molar-refractivity contribution in [3.05, 3.63) is 22.8 Å². The van der Waals surface area contributed by atoms with Gasteiger partial charge in [0.25, 0.3) is 0 Å². The molecule has 1 aromatic heterocycles. The normalized spacial score (nSPS) is 13.7. The fraction of sp³-hybridized carbons (Fsp3) is 0.545. The van der Waals surface area contributed by atoms with Crippen LogP contribution in [-0.2, 0) is 0 Å². The van der Waals surface area contributed by atoms with Crippen LogP contribution in [0.5, 0.6) is 0 Å². The molecule has 0 aromatic carbocycles. The number of hydrogen-bond donors (Lipinski definition) is 1. The van der Waals surface area contributed by atoms with Crippen LogP contribution < -0.4 is 5.32 Å². The van der Waals surface area contributed by atoms with Crippen molar-refractivity contribution in [1.29, 1.82) is 0 Å². The second kappa shape index (κ2) is 5.17. The van der Waals surface area contributed by atoms with Crippen molar-refractivity contribution in [2.75, 3.05) is 11.2 Å². The average Bonchev–Trinajstić information content (AvgIpc) is 2.14. The lowest BCUT2D eigenvalue weighted by Gasteiger charge is -2.30. The first-order valence-electron chi connectivity index (χ1n) is 4.88. The number of alkyl halides is 1. The van der Waals surface area contributed by atoms with E-state index in [1.165, 1.54) is 0 Å². The maximum atomic E-state index is 5.95. The minimum atomic E-state index is 0.110. The van der Waals surface area contributed by atoms with Crippen LogP contribution in [0.2, 0.25) is 0 Å². The number of rotatable bonds is 3. The molecule has 84 valence electrons. The van der Waals surface area contributed by atoms with Gasteiger partial charge in [0.2, 0.25) is 0 Å². The molecule has 4 heteroatoms. The van der Waals surface area contributed by atoms with E-state index in [0.29, 0.717) is 5.88 Å². The van der Waals surface area contributed by atoms with Crippen LogP contribution >= 0.6 is 27.5 Å². The van der Waals surface area contributed by atoms with Crippen LogP contribution in [0.15, 0.2) is 22.8 Å². The van der Waals surface area contributed by atoms with Crippen molar-refractivity contribution < 1.29 is 0 Å². The Hall–Kier alpha value is -0.280. The molecule has 0 fully saturated rings. The molecule has 0 aliphatic rings. The predicted octanol–water partition coefficient (Wildman–Crippen LogP) is 3.91. The second-order valence-corrected chi connectivity index (χ2v) is 5.71. The minimum Gasteiger partial charge on any atom is -0.365 e. The first-order valence-corrected chi connectivity index (χ1v) is 6.21. The number of halogens is 2. The van der Waals surface area contributed by atoms with Crippen LogP contribution in [-0.4, -0.2) is 16.9 Å². The van der Waals surface area contributed by atoms with E-state index in [-0.39, 0.29) is 11.5 Å². The minimum absolute atomic E-state index is 0.110. The topological polar surface area (TPSA) is 24.9 Å². The van der Waals surface area contributed by atoms with E-state index in [1.54, 1.807) is 6.20 Å². The van der Waals surface area contributed by atoms with Crippen molar-refractivity contribution in [2.45, 2.75) is 26.8 Å². The summed E-state index contributed by atoms with van der Waals surface area (Å²) in [6.07, 6.45) is 1.76. The fourth-order valence-electron chi connectivity index (χ4n) is 1.14. The van der Waals surface area contributed by atoms with Gasteiger partial charge in [0.05, 0.1) is 4.47 Å². The molecule has 0 amide bonds. The molecule has 0 aliphatic heterocycles. The molecule has 0 aliphatic carbocycles. The van der Waals surface area contributed by atoms with Crippen molar-refractivity contribution in [1.82, 2.24) is 4.98 Å². The first kappa shape index (κ1) is 12.8. The van der Waals surface area contributed by atoms with E-state index < -0.39 is 0 Å². The number of anilines is 1. The first-order chi connectivity index (χ1) is 6.95. The molecule has 1 atom stereocenters. The van der Waals surface area contributed by atoms with Crippen LogP contribution in [0.4, 0.5) is 5.82 Å². The van der Waals surface area contributed by atoms with Crippen molar-refractivity contribution in [2.24, 2.45) is 5.41 Å². The van der Waals surface area contributed by atoms with Gasteiger partial charge >= 0.3 is 0 Å². The summed E-state index contributed by atoms with van der Waals surface area (Å²) in [4.78, 5) is 4.26. The Morgan fingerprint density at radius 1 is 1.53 bits per heavy atom. The van der Waals surface area contributed by atoms with Gasteiger partial charge in [-0.25, -0.2) is 4.98 Å². The Balaban J connectivity index is 2.80. The molecule has 0 saturated heterocycles. The van der Waals surface area contributed by atoms with E-state index in [2.05, 4.69) is 47.0 Å². The van der Waals surface area contributed by atoms with Crippen molar-refractivity contribution in [3.8, 4) is 0 Å². The zero-order chi connectivity index (χ0) is 11.5. The lowest BCUT2D eigenvalue weighted by Crippen LogP contribution is -2.35. The third kappa shape index (κ3) is 3.65. The maximum Gasteiger partial charge on any atom is 0.140 e. The molecule has 1 aromatic rings. The molecule has 15 heavy (non-hydrogen) atoms. The predicted molar refractivity (Wildman–Crippen MR) is 69.5 cm³/mol. The second-order valence-electron chi connectivity index (χ2n) is 4.55. The van der Waals surface area contributed by atoms with E-state index in [1.807, 2.05) is 12.1 Å². The summed E-state index contributed by atoms with van der Waals surface area (Å²) >= 11 is 9.40. The number of aromatic nitrogens is 1. The average molecular weight is 292 g/mol. The number of hydrogen-bond acceptors (Lipinski definition) is 2. The van der Waals surface area contributed by atoms with Gasteiger partial charge in [-0.15, -0.1) is 11.6 Å². The summed E-state index contributed by atoms with van der Waals surface area (Å²) in [6.45, 7) is 6.47. The van der Waals surface area contributed by atoms with Gasteiger partial charge in [0.15, 0.2) is 0 Å². The zero-order valence-corrected chi connectivity index (χ0v) is 11.6. The number of pyridine rings is 1.